The van der Waals surface area contributed by atoms with E-state index in [9.17, 15) is 4.79 Å². The number of hydrogen-bond donors (Lipinski definition) is 0. The molecule has 0 saturated heterocycles. The lowest BCUT2D eigenvalue weighted by Crippen LogP contribution is -1.92. The fourth-order valence-corrected chi connectivity index (χ4v) is 1.63. The molecular formula is C17H14O. The molecule has 1 heteroatoms. The molecule has 18 heavy (non-hydrogen) atoms. The van der Waals surface area contributed by atoms with Gasteiger partial charge in [-0.3, -0.25) is 4.79 Å². The van der Waals surface area contributed by atoms with Gasteiger partial charge in [0.05, 0.1) is 0 Å². The lowest BCUT2D eigenvalue weighted by molar-refractivity contribution is 0.104. The van der Waals surface area contributed by atoms with Crippen LogP contribution in [-0.2, 0) is 0 Å². The average Bonchev–Trinajstić information content (AvgIpc) is 2.46. The van der Waals surface area contributed by atoms with Crippen molar-refractivity contribution in [2.45, 2.75) is 0 Å². The zero-order valence-electron chi connectivity index (χ0n) is 10.0. The molecule has 2 rings (SSSR count). The van der Waals surface area contributed by atoms with Gasteiger partial charge in [0.2, 0.25) is 0 Å². The van der Waals surface area contributed by atoms with Gasteiger partial charge in [-0.05, 0) is 17.2 Å². The van der Waals surface area contributed by atoms with Crippen molar-refractivity contribution in [2.75, 3.05) is 0 Å². The molecular weight excluding hydrogens is 220 g/mol. The highest BCUT2D eigenvalue weighted by Crippen LogP contribution is 2.10. The van der Waals surface area contributed by atoms with Crippen molar-refractivity contribution in [1.29, 1.82) is 0 Å². The molecule has 1 nitrogen and oxygen atoms in total. The molecule has 0 aliphatic carbocycles. The quantitative estimate of drug-likeness (QED) is 0.439. The third-order valence-corrected chi connectivity index (χ3v) is 2.65. The van der Waals surface area contributed by atoms with Gasteiger partial charge in [-0.15, -0.1) is 0 Å². The van der Waals surface area contributed by atoms with E-state index in [1.54, 1.807) is 0 Å². The van der Waals surface area contributed by atoms with Gasteiger partial charge in [0.15, 0.2) is 5.78 Å². The molecule has 0 aliphatic rings. The third kappa shape index (κ3) is 3.05. The first-order valence-electron chi connectivity index (χ1n) is 5.79. The van der Waals surface area contributed by atoms with Gasteiger partial charge in [-0.1, -0.05) is 73.3 Å². The summed E-state index contributed by atoms with van der Waals surface area (Å²) in [7, 11) is 0. The van der Waals surface area contributed by atoms with Gasteiger partial charge in [-0.2, -0.15) is 0 Å². The van der Waals surface area contributed by atoms with Crippen LogP contribution in [0.1, 0.15) is 21.5 Å². The van der Waals surface area contributed by atoms with Crippen molar-refractivity contribution in [3.63, 3.8) is 0 Å². The highest BCUT2D eigenvalue weighted by molar-refractivity contribution is 6.04. The van der Waals surface area contributed by atoms with Crippen molar-refractivity contribution >= 4 is 17.9 Å². The van der Waals surface area contributed by atoms with Gasteiger partial charge >= 0.3 is 0 Å². The molecule has 0 bridgehead atoms. The summed E-state index contributed by atoms with van der Waals surface area (Å²) in [5.74, 6) is -0.0476. The summed E-state index contributed by atoms with van der Waals surface area (Å²) in [5.41, 5.74) is 2.89. The van der Waals surface area contributed by atoms with E-state index in [0.717, 1.165) is 11.1 Å². The normalized spacial score (nSPS) is 10.4. The van der Waals surface area contributed by atoms with Crippen molar-refractivity contribution in [3.8, 4) is 0 Å². The summed E-state index contributed by atoms with van der Waals surface area (Å²) in [6, 6.07) is 17.6. The van der Waals surface area contributed by atoms with Crippen molar-refractivity contribution in [3.05, 3.63) is 83.9 Å². The fourth-order valence-electron chi connectivity index (χ4n) is 1.63. The standard InChI is InChI=1S/C17H14O/c1-2-17(18)16-12-10-15(11-13-16)9-8-14-6-4-3-5-7-14/h2-13H,1H2. The molecule has 2 aromatic carbocycles. The molecule has 0 heterocycles. The van der Waals surface area contributed by atoms with Gasteiger partial charge < -0.3 is 0 Å². The second-order valence-electron chi connectivity index (χ2n) is 3.93. The Kier molecular flexibility index (Phi) is 3.87. The van der Waals surface area contributed by atoms with E-state index in [2.05, 4.69) is 6.58 Å². The predicted octanol–water partition coefficient (Wildman–Crippen LogP) is 4.23. The Balaban J connectivity index is 2.14. The topological polar surface area (TPSA) is 17.1 Å². The maximum Gasteiger partial charge on any atom is 0.185 e. The molecule has 2 aromatic rings. The van der Waals surface area contributed by atoms with Crippen LogP contribution in [0, 0.1) is 0 Å². The number of benzene rings is 2. The van der Waals surface area contributed by atoms with Crippen molar-refractivity contribution in [2.24, 2.45) is 0 Å². The number of carbonyl (C=O) groups is 1. The van der Waals surface area contributed by atoms with Crippen LogP contribution in [0.4, 0.5) is 0 Å². The first kappa shape index (κ1) is 12.1. The van der Waals surface area contributed by atoms with E-state index in [4.69, 9.17) is 0 Å². The van der Waals surface area contributed by atoms with Crippen LogP contribution >= 0.6 is 0 Å². The molecule has 0 aliphatic heterocycles. The molecule has 0 unspecified atom stereocenters. The largest absolute Gasteiger partial charge is 0.289 e. The zero-order chi connectivity index (χ0) is 12.8. The van der Waals surface area contributed by atoms with Crippen LogP contribution in [0.2, 0.25) is 0 Å². The minimum absolute atomic E-state index is 0.0476. The lowest BCUT2D eigenvalue weighted by Gasteiger charge is -1.97. The Morgan fingerprint density at radius 3 is 1.94 bits per heavy atom. The summed E-state index contributed by atoms with van der Waals surface area (Å²) in [4.78, 5) is 11.4. The Morgan fingerprint density at radius 1 is 0.833 bits per heavy atom. The number of allylic oxidation sites excluding steroid dienone is 1. The monoisotopic (exact) mass is 234 g/mol. The molecule has 0 aromatic heterocycles. The van der Waals surface area contributed by atoms with E-state index in [-0.39, 0.29) is 5.78 Å². The first-order chi connectivity index (χ1) is 8.79. The minimum Gasteiger partial charge on any atom is -0.289 e. The van der Waals surface area contributed by atoms with Crippen molar-refractivity contribution < 1.29 is 4.79 Å². The molecule has 88 valence electrons. The van der Waals surface area contributed by atoms with E-state index in [1.165, 1.54) is 6.08 Å². The Morgan fingerprint density at radius 2 is 1.39 bits per heavy atom. The summed E-state index contributed by atoms with van der Waals surface area (Å²) >= 11 is 0. The molecule has 0 saturated carbocycles. The van der Waals surface area contributed by atoms with Gasteiger partial charge in [0.1, 0.15) is 0 Å². The van der Waals surface area contributed by atoms with E-state index in [0.29, 0.717) is 5.56 Å². The highest BCUT2D eigenvalue weighted by Gasteiger charge is 1.98. The summed E-state index contributed by atoms with van der Waals surface area (Å²) in [6.45, 7) is 3.47. The van der Waals surface area contributed by atoms with E-state index >= 15 is 0 Å². The SMILES string of the molecule is C=CC(=O)c1ccc(C=Cc2ccccc2)cc1. The van der Waals surface area contributed by atoms with Gasteiger partial charge in [-0.25, -0.2) is 0 Å². The van der Waals surface area contributed by atoms with Crippen LogP contribution in [-0.4, -0.2) is 5.78 Å². The predicted molar refractivity (Wildman–Crippen MR) is 76.3 cm³/mol. The summed E-state index contributed by atoms with van der Waals surface area (Å²) in [5, 5.41) is 0. The fraction of sp³-hybridized carbons (Fsp3) is 0. The molecule has 0 atom stereocenters. The minimum atomic E-state index is -0.0476. The molecule has 0 fully saturated rings. The maximum absolute atomic E-state index is 11.4. The zero-order valence-corrected chi connectivity index (χ0v) is 10.0. The number of rotatable bonds is 4. The molecule has 0 spiro atoms. The Hall–Kier alpha value is -2.41. The second kappa shape index (κ2) is 5.78. The first-order valence-corrected chi connectivity index (χ1v) is 5.79. The number of carbonyl (C=O) groups excluding carboxylic acids is 1. The van der Waals surface area contributed by atoms with E-state index < -0.39 is 0 Å². The summed E-state index contributed by atoms with van der Waals surface area (Å²) < 4.78 is 0. The summed E-state index contributed by atoms with van der Waals surface area (Å²) in [6.07, 6.45) is 5.40. The van der Waals surface area contributed by atoms with Gasteiger partial charge in [0, 0.05) is 5.56 Å². The lowest BCUT2D eigenvalue weighted by atomic mass is 10.1. The van der Waals surface area contributed by atoms with Crippen LogP contribution in [0.15, 0.2) is 67.3 Å². The Bertz CT molecular complexity index is 562. The van der Waals surface area contributed by atoms with Gasteiger partial charge in [0.25, 0.3) is 0 Å². The molecule has 0 amide bonds. The number of hydrogen-bond acceptors (Lipinski definition) is 1. The average molecular weight is 234 g/mol. The van der Waals surface area contributed by atoms with Crippen molar-refractivity contribution in [1.82, 2.24) is 0 Å². The van der Waals surface area contributed by atoms with Crippen LogP contribution < -0.4 is 0 Å². The van der Waals surface area contributed by atoms with Crippen LogP contribution in [0.5, 0.6) is 0 Å². The highest BCUT2D eigenvalue weighted by atomic mass is 16.1. The number of ketones is 1. The van der Waals surface area contributed by atoms with Crippen LogP contribution in [0.25, 0.3) is 12.2 Å². The molecule has 0 radical (unpaired) electrons. The smallest absolute Gasteiger partial charge is 0.185 e. The second-order valence-corrected chi connectivity index (χ2v) is 3.93. The Labute approximate surface area is 107 Å². The van der Waals surface area contributed by atoms with Crippen LogP contribution in [0.3, 0.4) is 0 Å². The third-order valence-electron chi connectivity index (χ3n) is 2.65. The van der Waals surface area contributed by atoms with E-state index in [1.807, 2.05) is 66.7 Å². The maximum atomic E-state index is 11.4. The molecule has 0 N–H and O–H groups in total.